The quantitative estimate of drug-likeness (QED) is 0.115. The first kappa shape index (κ1) is 27.9. The number of aliphatic hydroxyl groups excluding tert-OH is 1. The number of aromatic nitrogens is 4. The van der Waals surface area contributed by atoms with Crippen molar-refractivity contribution in [1.82, 2.24) is 35.9 Å². The van der Waals surface area contributed by atoms with Crippen LogP contribution in [0.2, 0.25) is 0 Å². The summed E-state index contributed by atoms with van der Waals surface area (Å²) in [5, 5.41) is 34.1. The molecule has 0 spiro atoms. The second-order valence-corrected chi connectivity index (χ2v) is 7.81. The standard InChI is InChI=1S/C20H28N8O8/c21-12(3-10-5-22-8-24-10)17(32)27-14(4-11-6-23-9-25-11)19(34)26-13(1-2-16(30)31)18(33)28-15(7-29)20(35)36/h5-6,8-9,12-15,29H,1-4,7,21H2,(H,22,24)(H,23,25)(H,26,34)(H,27,32)(H,28,33)(H,30,31)(H,35,36). The summed E-state index contributed by atoms with van der Waals surface area (Å²) in [6, 6.07) is -5.43. The molecule has 0 bridgehead atoms. The Balaban J connectivity index is 2.16. The lowest BCUT2D eigenvalue weighted by atomic mass is 10.1. The van der Waals surface area contributed by atoms with E-state index in [0.29, 0.717) is 11.4 Å². The van der Waals surface area contributed by atoms with E-state index in [1.807, 2.05) is 5.32 Å². The Morgan fingerprint density at radius 1 is 0.833 bits per heavy atom. The molecule has 36 heavy (non-hydrogen) atoms. The fourth-order valence-corrected chi connectivity index (χ4v) is 3.10. The molecule has 0 saturated heterocycles. The molecule has 0 aromatic carbocycles. The first-order valence-corrected chi connectivity index (χ1v) is 10.8. The molecule has 3 amide bonds. The Morgan fingerprint density at radius 2 is 1.36 bits per heavy atom. The zero-order valence-corrected chi connectivity index (χ0v) is 19.0. The van der Waals surface area contributed by atoms with E-state index in [2.05, 4.69) is 30.6 Å². The number of nitrogens with two attached hydrogens (primary N) is 1. The number of carboxylic acids is 2. The van der Waals surface area contributed by atoms with Gasteiger partial charge in [0.15, 0.2) is 0 Å². The van der Waals surface area contributed by atoms with E-state index in [4.69, 9.17) is 21.1 Å². The summed E-state index contributed by atoms with van der Waals surface area (Å²) in [5.41, 5.74) is 7.00. The number of aliphatic carboxylic acids is 2. The minimum atomic E-state index is -1.66. The molecule has 4 unspecified atom stereocenters. The van der Waals surface area contributed by atoms with Crippen LogP contribution < -0.4 is 21.7 Å². The van der Waals surface area contributed by atoms with Gasteiger partial charge in [-0.25, -0.2) is 14.8 Å². The van der Waals surface area contributed by atoms with E-state index in [-0.39, 0.29) is 19.3 Å². The second-order valence-electron chi connectivity index (χ2n) is 7.81. The molecule has 10 N–H and O–H groups in total. The molecular weight excluding hydrogens is 480 g/mol. The summed E-state index contributed by atoms with van der Waals surface area (Å²) in [7, 11) is 0. The minimum absolute atomic E-state index is 0.0734. The maximum atomic E-state index is 13.1. The lowest BCUT2D eigenvalue weighted by Gasteiger charge is -2.24. The van der Waals surface area contributed by atoms with Gasteiger partial charge in [-0.15, -0.1) is 0 Å². The number of nitrogens with one attached hydrogen (secondary N) is 5. The van der Waals surface area contributed by atoms with Gasteiger partial charge in [-0.2, -0.15) is 0 Å². The number of rotatable bonds is 15. The molecule has 4 atom stereocenters. The molecule has 0 aliphatic heterocycles. The number of hydrogen-bond acceptors (Lipinski definition) is 9. The summed E-state index contributed by atoms with van der Waals surface area (Å²) in [4.78, 5) is 73.8. The van der Waals surface area contributed by atoms with Crippen LogP contribution in [0.1, 0.15) is 24.2 Å². The van der Waals surface area contributed by atoms with Crippen molar-refractivity contribution < 1.29 is 39.3 Å². The molecule has 2 aromatic rings. The highest BCUT2D eigenvalue weighted by atomic mass is 16.4. The van der Waals surface area contributed by atoms with Crippen molar-refractivity contribution in [2.24, 2.45) is 5.73 Å². The van der Waals surface area contributed by atoms with Gasteiger partial charge in [0.1, 0.15) is 18.1 Å². The second kappa shape index (κ2) is 13.5. The van der Waals surface area contributed by atoms with Crippen LogP contribution in [-0.4, -0.2) is 95.7 Å². The van der Waals surface area contributed by atoms with Crippen LogP contribution in [0.4, 0.5) is 0 Å². The van der Waals surface area contributed by atoms with Gasteiger partial charge in [-0.3, -0.25) is 19.2 Å². The van der Waals surface area contributed by atoms with E-state index in [1.54, 1.807) is 0 Å². The third-order valence-corrected chi connectivity index (χ3v) is 5.02. The zero-order valence-electron chi connectivity index (χ0n) is 19.0. The molecule has 2 heterocycles. The lowest BCUT2D eigenvalue weighted by Crippen LogP contribution is -2.58. The van der Waals surface area contributed by atoms with Gasteiger partial charge in [0.05, 0.1) is 25.3 Å². The predicted molar refractivity (Wildman–Crippen MR) is 120 cm³/mol. The van der Waals surface area contributed by atoms with Crippen molar-refractivity contribution in [2.75, 3.05) is 6.61 Å². The number of amides is 3. The highest BCUT2D eigenvalue weighted by Gasteiger charge is 2.31. The third-order valence-electron chi connectivity index (χ3n) is 5.02. The molecule has 0 aliphatic carbocycles. The van der Waals surface area contributed by atoms with Crippen LogP contribution in [0.15, 0.2) is 25.0 Å². The third kappa shape index (κ3) is 8.80. The molecule has 0 saturated carbocycles. The number of aromatic amines is 2. The first-order valence-electron chi connectivity index (χ1n) is 10.8. The van der Waals surface area contributed by atoms with E-state index in [0.717, 1.165) is 0 Å². The first-order chi connectivity index (χ1) is 17.1. The minimum Gasteiger partial charge on any atom is -0.481 e. The van der Waals surface area contributed by atoms with Crippen LogP contribution in [0.3, 0.4) is 0 Å². The molecular formula is C20H28N8O8. The fraction of sp³-hybridized carbons (Fsp3) is 0.450. The molecule has 196 valence electrons. The van der Waals surface area contributed by atoms with E-state index < -0.39 is 66.9 Å². The Morgan fingerprint density at radius 3 is 1.86 bits per heavy atom. The number of carbonyl (C=O) groups excluding carboxylic acids is 3. The molecule has 0 fully saturated rings. The summed E-state index contributed by atoms with van der Waals surface area (Å²) in [5.74, 6) is -5.33. The smallest absolute Gasteiger partial charge is 0.328 e. The van der Waals surface area contributed by atoms with Crippen molar-refractivity contribution in [1.29, 1.82) is 0 Å². The Hall–Kier alpha value is -4.31. The predicted octanol–water partition coefficient (Wildman–Crippen LogP) is -3.36. The molecule has 2 rings (SSSR count). The average molecular weight is 508 g/mol. The Labute approximate surface area is 204 Å². The van der Waals surface area contributed by atoms with Gasteiger partial charge in [-0.05, 0) is 6.42 Å². The Bertz CT molecular complexity index is 1030. The SMILES string of the molecule is NC(Cc1cnc[nH]1)C(=O)NC(Cc1cnc[nH]1)C(=O)NC(CCC(=O)O)C(=O)NC(CO)C(=O)O. The normalized spacial score (nSPS) is 14.2. The van der Waals surface area contributed by atoms with Gasteiger partial charge < -0.3 is 47.0 Å². The number of carbonyl (C=O) groups is 5. The molecule has 16 heteroatoms. The van der Waals surface area contributed by atoms with Gasteiger partial charge in [0.2, 0.25) is 17.7 Å². The van der Waals surface area contributed by atoms with Crippen LogP contribution in [0, 0.1) is 0 Å². The van der Waals surface area contributed by atoms with Crippen LogP contribution in [-0.2, 0) is 36.8 Å². The number of aliphatic hydroxyl groups is 1. The lowest BCUT2D eigenvalue weighted by molar-refractivity contribution is -0.144. The van der Waals surface area contributed by atoms with Gasteiger partial charge >= 0.3 is 11.9 Å². The molecule has 2 aromatic heterocycles. The summed E-state index contributed by atoms with van der Waals surface area (Å²) < 4.78 is 0. The van der Waals surface area contributed by atoms with E-state index in [9.17, 15) is 24.0 Å². The van der Waals surface area contributed by atoms with Crippen LogP contribution >= 0.6 is 0 Å². The highest BCUT2D eigenvalue weighted by molar-refractivity contribution is 5.94. The zero-order chi connectivity index (χ0) is 26.7. The molecule has 16 nitrogen and oxygen atoms in total. The average Bonchev–Trinajstić information content (AvgIpc) is 3.53. The van der Waals surface area contributed by atoms with Crippen molar-refractivity contribution in [3.63, 3.8) is 0 Å². The number of carboxylic acid groups (broad SMARTS) is 2. The van der Waals surface area contributed by atoms with Gasteiger partial charge in [0.25, 0.3) is 0 Å². The Kier molecular flexibility index (Phi) is 10.5. The van der Waals surface area contributed by atoms with Crippen molar-refractivity contribution in [3.05, 3.63) is 36.4 Å². The molecule has 0 aliphatic rings. The van der Waals surface area contributed by atoms with Gasteiger partial charge in [0, 0.05) is 43.0 Å². The number of nitrogens with zero attached hydrogens (tertiary/aromatic N) is 2. The summed E-state index contributed by atoms with van der Waals surface area (Å²) >= 11 is 0. The molecule has 0 radical (unpaired) electrons. The maximum Gasteiger partial charge on any atom is 0.328 e. The van der Waals surface area contributed by atoms with E-state index in [1.165, 1.54) is 25.0 Å². The van der Waals surface area contributed by atoms with E-state index >= 15 is 0 Å². The van der Waals surface area contributed by atoms with Crippen molar-refractivity contribution >= 4 is 29.7 Å². The van der Waals surface area contributed by atoms with Crippen LogP contribution in [0.5, 0.6) is 0 Å². The van der Waals surface area contributed by atoms with Crippen molar-refractivity contribution in [2.45, 2.75) is 49.9 Å². The number of H-pyrrole nitrogens is 2. The highest BCUT2D eigenvalue weighted by Crippen LogP contribution is 2.05. The van der Waals surface area contributed by atoms with Gasteiger partial charge in [-0.1, -0.05) is 0 Å². The van der Waals surface area contributed by atoms with Crippen molar-refractivity contribution in [3.8, 4) is 0 Å². The topological polar surface area (TPSA) is 266 Å². The number of hydrogen-bond donors (Lipinski definition) is 9. The summed E-state index contributed by atoms with van der Waals surface area (Å²) in [6.45, 7) is -0.923. The summed E-state index contributed by atoms with van der Waals surface area (Å²) in [6.07, 6.45) is 4.81. The fourth-order valence-electron chi connectivity index (χ4n) is 3.10. The number of imidazole rings is 2. The largest absolute Gasteiger partial charge is 0.481 e. The monoisotopic (exact) mass is 508 g/mol. The maximum absolute atomic E-state index is 13.1. The van der Waals surface area contributed by atoms with Crippen LogP contribution in [0.25, 0.3) is 0 Å².